The molecule has 1 atom stereocenters. The SMILES string of the molecule is CCN(CC)CCNCC(O)c1ccc(F)c(F)c1. The first kappa shape index (κ1) is 16.0. The molecule has 1 aromatic rings. The Morgan fingerprint density at radius 1 is 1.21 bits per heavy atom. The van der Waals surface area contributed by atoms with E-state index in [4.69, 9.17) is 0 Å². The van der Waals surface area contributed by atoms with Crippen molar-refractivity contribution < 1.29 is 13.9 Å². The monoisotopic (exact) mass is 272 g/mol. The van der Waals surface area contributed by atoms with Crippen molar-refractivity contribution in [3.05, 3.63) is 35.4 Å². The Kier molecular flexibility index (Phi) is 6.91. The molecule has 19 heavy (non-hydrogen) atoms. The van der Waals surface area contributed by atoms with Gasteiger partial charge in [-0.2, -0.15) is 0 Å². The minimum Gasteiger partial charge on any atom is -0.387 e. The molecule has 5 heteroatoms. The molecule has 3 nitrogen and oxygen atoms in total. The van der Waals surface area contributed by atoms with Gasteiger partial charge in [0.1, 0.15) is 0 Å². The summed E-state index contributed by atoms with van der Waals surface area (Å²) in [5.74, 6) is -1.83. The lowest BCUT2D eigenvalue weighted by atomic mass is 10.1. The average molecular weight is 272 g/mol. The second-order valence-electron chi connectivity index (χ2n) is 4.42. The lowest BCUT2D eigenvalue weighted by Crippen LogP contribution is -2.33. The van der Waals surface area contributed by atoms with Gasteiger partial charge in [-0.15, -0.1) is 0 Å². The van der Waals surface area contributed by atoms with Gasteiger partial charge in [-0.25, -0.2) is 8.78 Å². The maximum atomic E-state index is 13.0. The van der Waals surface area contributed by atoms with Gasteiger partial charge >= 0.3 is 0 Å². The topological polar surface area (TPSA) is 35.5 Å². The quantitative estimate of drug-likeness (QED) is 0.710. The zero-order valence-electron chi connectivity index (χ0n) is 11.5. The molecule has 1 unspecified atom stereocenters. The zero-order chi connectivity index (χ0) is 14.3. The Hall–Kier alpha value is -1.04. The molecule has 0 saturated carbocycles. The Balaban J connectivity index is 2.34. The Morgan fingerprint density at radius 2 is 1.89 bits per heavy atom. The van der Waals surface area contributed by atoms with E-state index in [1.54, 1.807) is 0 Å². The number of hydrogen-bond donors (Lipinski definition) is 2. The third-order valence-corrected chi connectivity index (χ3v) is 3.17. The highest BCUT2D eigenvalue weighted by atomic mass is 19.2. The molecule has 0 heterocycles. The highest BCUT2D eigenvalue weighted by Gasteiger charge is 2.10. The number of aliphatic hydroxyl groups excluding tert-OH is 1. The predicted octanol–water partition coefficient (Wildman–Crippen LogP) is 1.93. The minimum absolute atomic E-state index is 0.326. The second kappa shape index (κ2) is 8.19. The van der Waals surface area contributed by atoms with Crippen LogP contribution < -0.4 is 5.32 Å². The number of nitrogens with zero attached hydrogens (tertiary/aromatic N) is 1. The van der Waals surface area contributed by atoms with E-state index in [2.05, 4.69) is 24.1 Å². The normalized spacial score (nSPS) is 12.9. The molecule has 0 amide bonds. The van der Waals surface area contributed by atoms with Gasteiger partial charge in [-0.1, -0.05) is 19.9 Å². The first-order valence-electron chi connectivity index (χ1n) is 6.64. The average Bonchev–Trinajstić information content (AvgIpc) is 2.42. The van der Waals surface area contributed by atoms with Crippen molar-refractivity contribution in [2.24, 2.45) is 0 Å². The van der Waals surface area contributed by atoms with Crippen LogP contribution in [0.25, 0.3) is 0 Å². The molecular weight excluding hydrogens is 250 g/mol. The van der Waals surface area contributed by atoms with Crippen LogP contribution in [-0.4, -0.2) is 42.7 Å². The van der Waals surface area contributed by atoms with E-state index in [1.165, 1.54) is 6.07 Å². The molecule has 0 aliphatic carbocycles. The van der Waals surface area contributed by atoms with Gasteiger partial charge in [0.2, 0.25) is 0 Å². The molecule has 108 valence electrons. The number of benzene rings is 1. The number of aliphatic hydroxyl groups is 1. The van der Waals surface area contributed by atoms with Gasteiger partial charge in [-0.3, -0.25) is 0 Å². The third kappa shape index (κ3) is 5.22. The van der Waals surface area contributed by atoms with E-state index in [-0.39, 0.29) is 0 Å². The minimum atomic E-state index is -0.931. The Labute approximate surface area is 113 Å². The summed E-state index contributed by atoms with van der Waals surface area (Å²) in [5, 5.41) is 13.0. The summed E-state index contributed by atoms with van der Waals surface area (Å²) in [5.41, 5.74) is 0.384. The number of hydrogen-bond acceptors (Lipinski definition) is 3. The summed E-state index contributed by atoms with van der Waals surface area (Å²) in [4.78, 5) is 2.26. The zero-order valence-corrected chi connectivity index (χ0v) is 11.5. The lowest BCUT2D eigenvalue weighted by molar-refractivity contribution is 0.172. The smallest absolute Gasteiger partial charge is 0.159 e. The van der Waals surface area contributed by atoms with Crippen LogP contribution in [0.4, 0.5) is 8.78 Å². The summed E-state index contributed by atoms with van der Waals surface area (Å²) in [7, 11) is 0. The standard InChI is InChI=1S/C14H22F2N2O/c1-3-18(4-2)8-7-17-10-14(19)11-5-6-12(15)13(16)9-11/h5-6,9,14,17,19H,3-4,7-8,10H2,1-2H3. The molecule has 0 aliphatic rings. The van der Waals surface area contributed by atoms with Crippen LogP contribution >= 0.6 is 0 Å². The largest absolute Gasteiger partial charge is 0.387 e. The number of nitrogens with one attached hydrogen (secondary N) is 1. The molecule has 1 aromatic carbocycles. The van der Waals surface area contributed by atoms with Crippen molar-refractivity contribution in [2.75, 3.05) is 32.7 Å². The highest BCUT2D eigenvalue weighted by molar-refractivity contribution is 5.20. The van der Waals surface area contributed by atoms with Crippen molar-refractivity contribution in [1.82, 2.24) is 10.2 Å². The molecule has 0 aromatic heterocycles. The molecule has 0 spiro atoms. The van der Waals surface area contributed by atoms with Crippen LogP contribution in [0.15, 0.2) is 18.2 Å². The van der Waals surface area contributed by atoms with Gasteiger partial charge in [0.05, 0.1) is 6.10 Å². The lowest BCUT2D eigenvalue weighted by Gasteiger charge is -2.19. The Bertz CT molecular complexity index is 384. The van der Waals surface area contributed by atoms with Gasteiger partial charge in [-0.05, 0) is 30.8 Å². The maximum Gasteiger partial charge on any atom is 0.159 e. The van der Waals surface area contributed by atoms with Crippen LogP contribution in [-0.2, 0) is 0 Å². The van der Waals surface area contributed by atoms with Gasteiger partial charge < -0.3 is 15.3 Å². The van der Waals surface area contributed by atoms with Crippen molar-refractivity contribution in [3.63, 3.8) is 0 Å². The number of halogens is 2. The van der Waals surface area contributed by atoms with E-state index in [1.807, 2.05) is 0 Å². The fourth-order valence-electron chi connectivity index (χ4n) is 1.85. The van der Waals surface area contributed by atoms with Crippen molar-refractivity contribution in [1.29, 1.82) is 0 Å². The van der Waals surface area contributed by atoms with Crippen LogP contribution in [0.3, 0.4) is 0 Å². The predicted molar refractivity (Wildman–Crippen MR) is 72.0 cm³/mol. The van der Waals surface area contributed by atoms with Crippen molar-refractivity contribution in [3.8, 4) is 0 Å². The van der Waals surface area contributed by atoms with Gasteiger partial charge in [0.15, 0.2) is 11.6 Å². The van der Waals surface area contributed by atoms with E-state index < -0.39 is 17.7 Å². The van der Waals surface area contributed by atoms with E-state index in [0.717, 1.165) is 38.3 Å². The second-order valence-corrected chi connectivity index (χ2v) is 4.42. The summed E-state index contributed by atoms with van der Waals surface area (Å²) < 4.78 is 25.8. The van der Waals surface area contributed by atoms with E-state index in [0.29, 0.717) is 12.1 Å². The molecular formula is C14H22F2N2O. The van der Waals surface area contributed by atoms with Crippen LogP contribution in [0, 0.1) is 11.6 Å². The first-order valence-corrected chi connectivity index (χ1v) is 6.64. The van der Waals surface area contributed by atoms with Crippen molar-refractivity contribution in [2.45, 2.75) is 20.0 Å². The summed E-state index contributed by atoms with van der Waals surface area (Å²) >= 11 is 0. The third-order valence-electron chi connectivity index (χ3n) is 3.17. The van der Waals surface area contributed by atoms with Crippen LogP contribution in [0.2, 0.25) is 0 Å². The molecule has 0 fully saturated rings. The summed E-state index contributed by atoms with van der Waals surface area (Å²) in [6.07, 6.45) is -0.827. The van der Waals surface area contributed by atoms with E-state index >= 15 is 0 Å². The van der Waals surface area contributed by atoms with Crippen LogP contribution in [0.1, 0.15) is 25.5 Å². The number of likely N-dealkylation sites (N-methyl/N-ethyl adjacent to an activating group) is 1. The highest BCUT2D eigenvalue weighted by Crippen LogP contribution is 2.15. The summed E-state index contributed by atoms with van der Waals surface area (Å²) in [6.45, 7) is 8.15. The fraction of sp³-hybridized carbons (Fsp3) is 0.571. The fourth-order valence-corrected chi connectivity index (χ4v) is 1.85. The number of rotatable bonds is 8. The molecule has 0 bridgehead atoms. The van der Waals surface area contributed by atoms with Gasteiger partial charge in [0.25, 0.3) is 0 Å². The molecule has 0 saturated heterocycles. The van der Waals surface area contributed by atoms with Crippen LogP contribution in [0.5, 0.6) is 0 Å². The maximum absolute atomic E-state index is 13.0. The molecule has 1 rings (SSSR count). The molecule has 2 N–H and O–H groups in total. The molecule has 0 radical (unpaired) electrons. The van der Waals surface area contributed by atoms with E-state index in [9.17, 15) is 13.9 Å². The molecule has 0 aliphatic heterocycles. The van der Waals surface area contributed by atoms with Gasteiger partial charge in [0, 0.05) is 19.6 Å². The van der Waals surface area contributed by atoms with Crippen molar-refractivity contribution >= 4 is 0 Å². The first-order chi connectivity index (χ1) is 9.08. The Morgan fingerprint density at radius 3 is 2.47 bits per heavy atom. The summed E-state index contributed by atoms with van der Waals surface area (Å²) in [6, 6.07) is 3.46.